The molecule has 4 rings (SSSR count). The van der Waals surface area contributed by atoms with Crippen molar-refractivity contribution in [1.82, 2.24) is 14.8 Å². The maximum atomic E-state index is 12.9. The van der Waals surface area contributed by atoms with E-state index in [-0.39, 0.29) is 18.3 Å². The normalized spacial score (nSPS) is 10.9. The van der Waals surface area contributed by atoms with E-state index in [4.69, 9.17) is 9.47 Å². The van der Waals surface area contributed by atoms with E-state index in [2.05, 4.69) is 15.5 Å². The first-order valence-corrected chi connectivity index (χ1v) is 13.9. The van der Waals surface area contributed by atoms with Gasteiger partial charge in [-0.1, -0.05) is 54.2 Å². The number of methoxy groups -OCH3 is 1. The van der Waals surface area contributed by atoms with E-state index in [1.54, 1.807) is 0 Å². The average molecular weight is 551 g/mol. The van der Waals surface area contributed by atoms with Crippen molar-refractivity contribution in [2.24, 2.45) is 0 Å². The van der Waals surface area contributed by atoms with Crippen LogP contribution >= 0.6 is 23.1 Å². The average Bonchev–Trinajstić information content (AvgIpc) is 3.47. The van der Waals surface area contributed by atoms with Crippen LogP contribution in [0.3, 0.4) is 0 Å². The molecule has 4 aromatic rings. The molecule has 0 radical (unpaired) electrons. The van der Waals surface area contributed by atoms with Crippen molar-refractivity contribution in [3.63, 3.8) is 0 Å². The first kappa shape index (κ1) is 27.4. The Balaban J connectivity index is 1.45. The lowest BCUT2D eigenvalue weighted by atomic mass is 10.0. The summed E-state index contributed by atoms with van der Waals surface area (Å²) in [4.78, 5) is 26.5. The summed E-state index contributed by atoms with van der Waals surface area (Å²) in [6.07, 6.45) is 0. The van der Waals surface area contributed by atoms with Gasteiger partial charge in [0.2, 0.25) is 5.91 Å². The third kappa shape index (κ3) is 6.08. The molecule has 0 saturated carbocycles. The zero-order valence-corrected chi connectivity index (χ0v) is 23.7. The highest BCUT2D eigenvalue weighted by Gasteiger charge is 2.25. The number of nitrogens with zero attached hydrogens (tertiary/aromatic N) is 3. The summed E-state index contributed by atoms with van der Waals surface area (Å²) in [5.74, 6) is 0.862. The molecule has 0 fully saturated rings. The molecule has 2 aromatic heterocycles. The van der Waals surface area contributed by atoms with E-state index in [0.29, 0.717) is 28.1 Å². The SMILES string of the molecule is CCn1c(COc2cc(C)ccc2C)nnc1SCC(=O)Nc1sc(C)c(-c2ccccc2)c1C(=O)OC. The van der Waals surface area contributed by atoms with E-state index < -0.39 is 5.97 Å². The molecule has 2 aromatic carbocycles. The Morgan fingerprint density at radius 2 is 1.84 bits per heavy atom. The topological polar surface area (TPSA) is 95.3 Å². The fraction of sp³-hybridized carbons (Fsp3) is 0.286. The lowest BCUT2D eigenvalue weighted by molar-refractivity contribution is -0.113. The number of thiophene rings is 1. The number of nitrogens with one attached hydrogen (secondary N) is 1. The number of carbonyl (C=O) groups excluding carboxylic acids is 2. The smallest absolute Gasteiger partial charge is 0.341 e. The lowest BCUT2D eigenvalue weighted by Crippen LogP contribution is -2.16. The van der Waals surface area contributed by atoms with Gasteiger partial charge in [-0.15, -0.1) is 21.5 Å². The van der Waals surface area contributed by atoms with Crippen LogP contribution in [0.4, 0.5) is 5.00 Å². The molecule has 38 heavy (non-hydrogen) atoms. The van der Waals surface area contributed by atoms with Crippen molar-refractivity contribution in [2.75, 3.05) is 18.2 Å². The summed E-state index contributed by atoms with van der Waals surface area (Å²) in [6.45, 7) is 8.86. The Morgan fingerprint density at radius 3 is 2.55 bits per heavy atom. The standard InChI is InChI=1S/C28H30N4O4S2/c1-6-32-22(15-36-21-14-17(2)12-13-18(21)3)30-31-28(32)37-16-23(33)29-26-25(27(34)35-5)24(19(4)38-26)20-10-8-7-9-11-20/h7-14H,6,15-16H2,1-5H3,(H,29,33). The highest BCUT2D eigenvalue weighted by Crippen LogP contribution is 2.40. The van der Waals surface area contributed by atoms with Crippen molar-refractivity contribution in [1.29, 1.82) is 0 Å². The maximum absolute atomic E-state index is 12.9. The molecule has 1 N–H and O–H groups in total. The minimum Gasteiger partial charge on any atom is -0.485 e. The van der Waals surface area contributed by atoms with E-state index >= 15 is 0 Å². The third-order valence-corrected chi connectivity index (χ3v) is 7.92. The van der Waals surface area contributed by atoms with Crippen LogP contribution in [-0.2, 0) is 22.7 Å². The van der Waals surface area contributed by atoms with E-state index in [1.165, 1.54) is 30.2 Å². The van der Waals surface area contributed by atoms with Crippen LogP contribution in [0.1, 0.15) is 39.1 Å². The molecular formula is C28H30N4O4S2. The number of thioether (sulfide) groups is 1. The van der Waals surface area contributed by atoms with E-state index in [0.717, 1.165) is 32.9 Å². The van der Waals surface area contributed by atoms with Gasteiger partial charge in [-0.05, 0) is 50.5 Å². The number of carbonyl (C=O) groups is 2. The second-order valence-corrected chi connectivity index (χ2v) is 10.8. The summed E-state index contributed by atoms with van der Waals surface area (Å²) >= 11 is 2.64. The van der Waals surface area contributed by atoms with Gasteiger partial charge in [0.15, 0.2) is 11.0 Å². The number of aromatic nitrogens is 3. The molecule has 8 nitrogen and oxygen atoms in total. The van der Waals surface area contributed by atoms with Crippen LogP contribution in [0.25, 0.3) is 11.1 Å². The number of hydrogen-bond acceptors (Lipinski definition) is 8. The fourth-order valence-electron chi connectivity index (χ4n) is 4.03. The van der Waals surface area contributed by atoms with Crippen LogP contribution in [0, 0.1) is 20.8 Å². The first-order chi connectivity index (χ1) is 18.3. The van der Waals surface area contributed by atoms with Crippen LogP contribution in [0.5, 0.6) is 5.75 Å². The Morgan fingerprint density at radius 1 is 1.08 bits per heavy atom. The van der Waals surface area contributed by atoms with Crippen molar-refractivity contribution in [3.05, 3.63) is 75.9 Å². The monoisotopic (exact) mass is 550 g/mol. The minimum atomic E-state index is -0.490. The van der Waals surface area contributed by atoms with Crippen molar-refractivity contribution >= 4 is 40.0 Å². The van der Waals surface area contributed by atoms with E-state index in [9.17, 15) is 9.59 Å². The Kier molecular flexibility index (Phi) is 8.85. The van der Waals surface area contributed by atoms with Gasteiger partial charge in [0.1, 0.15) is 22.9 Å². The molecule has 0 aliphatic carbocycles. The van der Waals surface area contributed by atoms with Gasteiger partial charge < -0.3 is 19.4 Å². The van der Waals surface area contributed by atoms with Gasteiger partial charge in [0.05, 0.1) is 12.9 Å². The molecule has 10 heteroatoms. The second kappa shape index (κ2) is 12.3. The first-order valence-electron chi connectivity index (χ1n) is 12.1. The molecule has 198 valence electrons. The summed E-state index contributed by atoms with van der Waals surface area (Å²) in [6, 6.07) is 15.7. The Labute approximate surface area is 230 Å². The number of aryl methyl sites for hydroxylation is 3. The molecule has 0 atom stereocenters. The van der Waals surface area contributed by atoms with E-state index in [1.807, 2.05) is 80.8 Å². The van der Waals surface area contributed by atoms with Gasteiger partial charge in [-0.3, -0.25) is 4.79 Å². The van der Waals surface area contributed by atoms with Crippen molar-refractivity contribution in [3.8, 4) is 16.9 Å². The number of anilines is 1. The predicted molar refractivity (Wildman–Crippen MR) is 151 cm³/mol. The zero-order valence-electron chi connectivity index (χ0n) is 22.0. The number of benzene rings is 2. The molecule has 0 unspecified atom stereocenters. The molecule has 0 aliphatic rings. The van der Waals surface area contributed by atoms with Gasteiger partial charge in [0.25, 0.3) is 0 Å². The van der Waals surface area contributed by atoms with Crippen molar-refractivity contribution < 1.29 is 19.1 Å². The number of esters is 1. The van der Waals surface area contributed by atoms with Gasteiger partial charge in [-0.2, -0.15) is 0 Å². The lowest BCUT2D eigenvalue weighted by Gasteiger charge is -2.11. The summed E-state index contributed by atoms with van der Waals surface area (Å²) in [5, 5.41) is 12.6. The van der Waals surface area contributed by atoms with Crippen LogP contribution in [-0.4, -0.2) is 39.5 Å². The Hall–Kier alpha value is -3.63. The molecule has 0 saturated heterocycles. The van der Waals surface area contributed by atoms with Crippen LogP contribution < -0.4 is 10.1 Å². The zero-order chi connectivity index (χ0) is 27.2. The van der Waals surface area contributed by atoms with Gasteiger partial charge in [-0.25, -0.2) is 4.79 Å². The minimum absolute atomic E-state index is 0.105. The number of ether oxygens (including phenoxy) is 2. The molecule has 0 bridgehead atoms. The Bertz CT molecular complexity index is 1450. The largest absolute Gasteiger partial charge is 0.485 e. The van der Waals surface area contributed by atoms with Crippen LogP contribution in [0.15, 0.2) is 53.7 Å². The molecule has 0 spiro atoms. The predicted octanol–water partition coefficient (Wildman–Crippen LogP) is 6.05. The molecule has 2 heterocycles. The molecule has 1 amide bonds. The third-order valence-electron chi connectivity index (χ3n) is 5.93. The van der Waals surface area contributed by atoms with Gasteiger partial charge >= 0.3 is 5.97 Å². The summed E-state index contributed by atoms with van der Waals surface area (Å²) < 4.78 is 13.0. The highest BCUT2D eigenvalue weighted by molar-refractivity contribution is 7.99. The van der Waals surface area contributed by atoms with Crippen LogP contribution in [0.2, 0.25) is 0 Å². The molecular weight excluding hydrogens is 520 g/mol. The highest BCUT2D eigenvalue weighted by atomic mass is 32.2. The van der Waals surface area contributed by atoms with Crippen molar-refractivity contribution in [2.45, 2.75) is 46.0 Å². The quantitative estimate of drug-likeness (QED) is 0.190. The van der Waals surface area contributed by atoms with Gasteiger partial charge in [0, 0.05) is 17.0 Å². The second-order valence-electron chi connectivity index (χ2n) is 8.63. The maximum Gasteiger partial charge on any atom is 0.341 e. The number of amides is 1. The molecule has 0 aliphatic heterocycles. The number of hydrogen-bond donors (Lipinski definition) is 1. The fourth-order valence-corrected chi connectivity index (χ4v) is 5.93. The summed E-state index contributed by atoms with van der Waals surface area (Å²) in [7, 11) is 1.34. The number of rotatable bonds is 10. The summed E-state index contributed by atoms with van der Waals surface area (Å²) in [5.41, 5.74) is 4.20.